The molecule has 8 nitrogen and oxygen atoms in total. The number of anilines is 1. The van der Waals surface area contributed by atoms with Crippen LogP contribution < -0.4 is 5.32 Å². The summed E-state index contributed by atoms with van der Waals surface area (Å²) >= 11 is 1.46. The van der Waals surface area contributed by atoms with Gasteiger partial charge in [0.1, 0.15) is 11.7 Å². The summed E-state index contributed by atoms with van der Waals surface area (Å²) in [6, 6.07) is 3.28. The number of aliphatic carboxylic acids is 1. The molecule has 0 aliphatic carbocycles. The molecule has 2 aromatic rings. The van der Waals surface area contributed by atoms with Crippen molar-refractivity contribution in [3.05, 3.63) is 40.0 Å². The van der Waals surface area contributed by atoms with Gasteiger partial charge in [0.15, 0.2) is 0 Å². The molecule has 1 aliphatic rings. The van der Waals surface area contributed by atoms with Gasteiger partial charge < -0.3 is 15.2 Å². The normalized spacial score (nSPS) is 16.6. The zero-order valence-corrected chi connectivity index (χ0v) is 11.6. The van der Waals surface area contributed by atoms with Gasteiger partial charge in [0.05, 0.1) is 7.11 Å². The number of esters is 1. The van der Waals surface area contributed by atoms with Crippen molar-refractivity contribution in [1.82, 2.24) is 14.8 Å². The Morgan fingerprint density at radius 3 is 2.95 bits per heavy atom. The predicted octanol–water partition coefficient (Wildman–Crippen LogP) is 1.11. The summed E-state index contributed by atoms with van der Waals surface area (Å²) in [7, 11) is 1.23. The Kier molecular flexibility index (Phi) is 3.18. The third kappa shape index (κ3) is 2.27. The fourth-order valence-electron chi connectivity index (χ4n) is 1.96. The number of carbonyl (C=O) groups excluding carboxylic acids is 1. The first-order valence-corrected chi connectivity index (χ1v) is 6.78. The van der Waals surface area contributed by atoms with E-state index in [-0.39, 0.29) is 17.5 Å². The molecular formula is C12H10N4O4S. The first kappa shape index (κ1) is 13.3. The van der Waals surface area contributed by atoms with Crippen molar-refractivity contribution in [2.45, 2.75) is 6.04 Å². The molecule has 1 atom stereocenters. The number of nitrogens with zero attached hydrogens (tertiary/aromatic N) is 3. The Balaban J connectivity index is 2.09. The largest absolute Gasteiger partial charge is 0.477 e. The van der Waals surface area contributed by atoms with Gasteiger partial charge >= 0.3 is 11.9 Å². The van der Waals surface area contributed by atoms with E-state index in [9.17, 15) is 9.59 Å². The molecule has 0 aromatic carbocycles. The molecule has 1 unspecified atom stereocenters. The molecule has 0 saturated carbocycles. The van der Waals surface area contributed by atoms with Gasteiger partial charge in [-0.3, -0.25) is 0 Å². The molecule has 1 aliphatic heterocycles. The molecule has 2 aromatic heterocycles. The van der Waals surface area contributed by atoms with E-state index in [0.29, 0.717) is 0 Å². The molecule has 0 fully saturated rings. The van der Waals surface area contributed by atoms with Crippen molar-refractivity contribution in [2.24, 2.45) is 0 Å². The number of nitrogens with one attached hydrogen (secondary N) is 1. The van der Waals surface area contributed by atoms with Crippen molar-refractivity contribution in [3.63, 3.8) is 0 Å². The maximum atomic E-state index is 11.5. The van der Waals surface area contributed by atoms with Gasteiger partial charge in [-0.2, -0.15) is 4.98 Å². The average Bonchev–Trinajstić information content (AvgIpc) is 3.13. The van der Waals surface area contributed by atoms with E-state index in [2.05, 4.69) is 20.1 Å². The first-order valence-electron chi connectivity index (χ1n) is 5.90. The second-order valence-corrected chi connectivity index (χ2v) is 5.15. The van der Waals surface area contributed by atoms with E-state index < -0.39 is 18.0 Å². The van der Waals surface area contributed by atoms with Crippen LogP contribution in [-0.4, -0.2) is 38.9 Å². The lowest BCUT2D eigenvalue weighted by atomic mass is 10.2. The minimum atomic E-state index is -1.11. The van der Waals surface area contributed by atoms with Crippen LogP contribution in [0.15, 0.2) is 29.3 Å². The quantitative estimate of drug-likeness (QED) is 0.818. The van der Waals surface area contributed by atoms with Crippen molar-refractivity contribution < 1.29 is 19.4 Å². The molecule has 108 valence electrons. The van der Waals surface area contributed by atoms with E-state index in [4.69, 9.17) is 5.11 Å². The van der Waals surface area contributed by atoms with Gasteiger partial charge in [-0.1, -0.05) is 6.07 Å². The number of methoxy groups -OCH3 is 1. The number of aromatic nitrogens is 3. The van der Waals surface area contributed by atoms with E-state index in [0.717, 1.165) is 4.88 Å². The molecule has 0 amide bonds. The SMILES string of the molecule is COC(=O)c1nc2n(n1)C(c1cccs1)C=C(C(=O)O)N2. The van der Waals surface area contributed by atoms with Crippen LogP contribution in [0.25, 0.3) is 0 Å². The van der Waals surface area contributed by atoms with E-state index in [1.807, 2.05) is 17.5 Å². The number of fused-ring (bicyclic) bond motifs is 1. The number of ether oxygens (including phenoxy) is 1. The van der Waals surface area contributed by atoms with Crippen molar-refractivity contribution in [2.75, 3.05) is 12.4 Å². The number of carbonyl (C=O) groups is 2. The van der Waals surface area contributed by atoms with Crippen LogP contribution >= 0.6 is 11.3 Å². The van der Waals surface area contributed by atoms with Gasteiger partial charge in [-0.05, 0) is 17.5 Å². The zero-order valence-electron chi connectivity index (χ0n) is 10.8. The highest BCUT2D eigenvalue weighted by Crippen LogP contribution is 2.31. The highest BCUT2D eigenvalue weighted by molar-refractivity contribution is 7.10. The lowest BCUT2D eigenvalue weighted by Gasteiger charge is -2.20. The molecule has 3 heterocycles. The van der Waals surface area contributed by atoms with Crippen molar-refractivity contribution in [3.8, 4) is 0 Å². The minimum Gasteiger partial charge on any atom is -0.477 e. The second-order valence-electron chi connectivity index (χ2n) is 4.17. The van der Waals surface area contributed by atoms with Gasteiger partial charge in [-0.25, -0.2) is 14.3 Å². The summed E-state index contributed by atoms with van der Waals surface area (Å²) in [4.78, 5) is 27.6. The average molecular weight is 306 g/mol. The maximum absolute atomic E-state index is 11.5. The Morgan fingerprint density at radius 2 is 2.33 bits per heavy atom. The van der Waals surface area contributed by atoms with Crippen molar-refractivity contribution >= 4 is 29.2 Å². The van der Waals surface area contributed by atoms with Crippen LogP contribution in [0.4, 0.5) is 5.95 Å². The number of rotatable bonds is 3. The fourth-order valence-corrected chi connectivity index (χ4v) is 2.74. The molecule has 2 N–H and O–H groups in total. The Labute approximate surface area is 122 Å². The molecule has 0 spiro atoms. The summed E-state index contributed by atoms with van der Waals surface area (Å²) in [6.45, 7) is 0. The number of carboxylic acids is 1. The van der Waals surface area contributed by atoms with Gasteiger partial charge in [0, 0.05) is 4.88 Å². The Morgan fingerprint density at radius 1 is 1.52 bits per heavy atom. The monoisotopic (exact) mass is 306 g/mol. The fraction of sp³-hybridized carbons (Fsp3) is 0.167. The molecule has 0 saturated heterocycles. The summed E-state index contributed by atoms with van der Waals surface area (Å²) < 4.78 is 6.04. The topological polar surface area (TPSA) is 106 Å². The second kappa shape index (κ2) is 5.02. The zero-order chi connectivity index (χ0) is 15.0. The standard InChI is InChI=1S/C12H10N4O4S/c1-20-11(19)9-14-12-13-6(10(17)18)5-7(16(12)15-9)8-3-2-4-21-8/h2-5,7H,1H3,(H,17,18)(H,13,14,15). The molecule has 0 bridgehead atoms. The van der Waals surface area contributed by atoms with E-state index in [1.54, 1.807) is 0 Å². The summed E-state index contributed by atoms with van der Waals surface area (Å²) in [5, 5.41) is 17.8. The number of thiophene rings is 1. The maximum Gasteiger partial charge on any atom is 0.378 e. The lowest BCUT2D eigenvalue weighted by molar-refractivity contribution is -0.132. The van der Waals surface area contributed by atoms with Crippen LogP contribution in [0.2, 0.25) is 0 Å². The lowest BCUT2D eigenvalue weighted by Crippen LogP contribution is -2.23. The van der Waals surface area contributed by atoms with E-state index >= 15 is 0 Å². The summed E-state index contributed by atoms with van der Waals surface area (Å²) in [6.07, 6.45) is 1.52. The van der Waals surface area contributed by atoms with Crippen molar-refractivity contribution in [1.29, 1.82) is 0 Å². The molecule has 9 heteroatoms. The molecule has 3 rings (SSSR count). The number of hydrogen-bond donors (Lipinski definition) is 2. The third-order valence-corrected chi connectivity index (χ3v) is 3.84. The van der Waals surface area contributed by atoms with Gasteiger partial charge in [0.25, 0.3) is 5.82 Å². The smallest absolute Gasteiger partial charge is 0.378 e. The molecule has 0 radical (unpaired) electrons. The van der Waals surface area contributed by atoms with Crippen LogP contribution in [0, 0.1) is 0 Å². The summed E-state index contributed by atoms with van der Waals surface area (Å²) in [5.74, 6) is -1.72. The highest BCUT2D eigenvalue weighted by Gasteiger charge is 2.29. The van der Waals surface area contributed by atoms with Crippen LogP contribution in [0.1, 0.15) is 21.5 Å². The first-order chi connectivity index (χ1) is 10.1. The van der Waals surface area contributed by atoms with Crippen LogP contribution in [-0.2, 0) is 9.53 Å². The number of carboxylic acid groups (broad SMARTS) is 1. The van der Waals surface area contributed by atoms with Gasteiger partial charge in [-0.15, -0.1) is 16.4 Å². The summed E-state index contributed by atoms with van der Waals surface area (Å²) in [5.41, 5.74) is -0.00952. The van der Waals surface area contributed by atoms with E-state index in [1.165, 1.54) is 29.2 Å². The predicted molar refractivity (Wildman–Crippen MR) is 73.2 cm³/mol. The number of allylic oxidation sites excluding steroid dienone is 1. The minimum absolute atomic E-state index is 0.00952. The highest BCUT2D eigenvalue weighted by atomic mass is 32.1. The van der Waals surface area contributed by atoms with Gasteiger partial charge in [0.2, 0.25) is 5.95 Å². The molecule has 21 heavy (non-hydrogen) atoms. The van der Waals surface area contributed by atoms with Crippen LogP contribution in [0.5, 0.6) is 0 Å². The Bertz CT molecular complexity index is 735. The number of hydrogen-bond acceptors (Lipinski definition) is 7. The Hall–Kier alpha value is -2.68. The third-order valence-electron chi connectivity index (χ3n) is 2.90. The molecular weight excluding hydrogens is 296 g/mol. The van der Waals surface area contributed by atoms with Crippen LogP contribution in [0.3, 0.4) is 0 Å².